The summed E-state index contributed by atoms with van der Waals surface area (Å²) in [6.45, 7) is 1.89. The van der Waals surface area contributed by atoms with Gasteiger partial charge >= 0.3 is 0 Å². The molecule has 2 heterocycles. The molecule has 126 valence electrons. The molecule has 0 N–H and O–H groups in total. The van der Waals surface area contributed by atoms with Crippen LogP contribution in [0, 0.1) is 0 Å². The number of benzene rings is 1. The third-order valence-corrected chi connectivity index (χ3v) is 6.88. The minimum atomic E-state index is -3.06. The van der Waals surface area contributed by atoms with Crippen LogP contribution in [0.25, 0.3) is 0 Å². The molecular formula is C16H21ClN2O3S. The zero-order valence-corrected chi connectivity index (χ0v) is 14.5. The van der Waals surface area contributed by atoms with Crippen molar-refractivity contribution < 1.29 is 13.2 Å². The van der Waals surface area contributed by atoms with Gasteiger partial charge < -0.3 is 4.90 Å². The number of hydrogen-bond acceptors (Lipinski definition) is 3. The van der Waals surface area contributed by atoms with Gasteiger partial charge in [-0.1, -0.05) is 23.7 Å². The molecule has 1 aromatic rings. The Bertz CT molecular complexity index is 667. The van der Waals surface area contributed by atoms with E-state index in [2.05, 4.69) is 0 Å². The maximum absolute atomic E-state index is 12.4. The van der Waals surface area contributed by atoms with Gasteiger partial charge in [0.25, 0.3) is 0 Å². The van der Waals surface area contributed by atoms with Crippen molar-refractivity contribution in [1.29, 1.82) is 0 Å². The number of sulfonamides is 1. The topological polar surface area (TPSA) is 57.7 Å². The number of rotatable bonds is 3. The van der Waals surface area contributed by atoms with Crippen molar-refractivity contribution in [3.8, 4) is 0 Å². The molecule has 0 aromatic heterocycles. The Kier molecular flexibility index (Phi) is 4.94. The van der Waals surface area contributed by atoms with Crippen molar-refractivity contribution in [2.45, 2.75) is 31.7 Å². The quantitative estimate of drug-likeness (QED) is 0.831. The maximum Gasteiger partial charge on any atom is 0.226 e. The average Bonchev–Trinajstić information content (AvgIpc) is 2.89. The van der Waals surface area contributed by atoms with Gasteiger partial charge in [-0.2, -0.15) is 4.31 Å². The molecule has 0 aliphatic carbocycles. The summed E-state index contributed by atoms with van der Waals surface area (Å²) >= 11 is 5.85. The Labute approximate surface area is 142 Å². The Morgan fingerprint density at radius 2 is 1.78 bits per heavy atom. The minimum Gasteiger partial charge on any atom is -0.342 e. The van der Waals surface area contributed by atoms with Gasteiger partial charge in [-0.05, 0) is 37.0 Å². The molecule has 2 saturated heterocycles. The van der Waals surface area contributed by atoms with Crippen molar-refractivity contribution in [3.05, 3.63) is 34.9 Å². The highest BCUT2D eigenvalue weighted by Crippen LogP contribution is 2.24. The molecule has 1 aromatic carbocycles. The third-order valence-electron chi connectivity index (χ3n) is 4.63. The number of carbonyl (C=O) groups is 1. The highest BCUT2D eigenvalue weighted by atomic mass is 35.5. The summed E-state index contributed by atoms with van der Waals surface area (Å²) in [7, 11) is -3.06. The number of likely N-dealkylation sites (tertiary alicyclic amines) is 1. The largest absolute Gasteiger partial charge is 0.342 e. The van der Waals surface area contributed by atoms with Crippen LogP contribution in [0.15, 0.2) is 24.3 Å². The summed E-state index contributed by atoms with van der Waals surface area (Å²) in [6, 6.07) is 7.36. The fraction of sp³-hybridized carbons (Fsp3) is 0.562. The van der Waals surface area contributed by atoms with Gasteiger partial charge in [0.05, 0.1) is 12.2 Å². The highest BCUT2D eigenvalue weighted by molar-refractivity contribution is 7.89. The number of halogens is 1. The van der Waals surface area contributed by atoms with Crippen LogP contribution in [0.1, 0.15) is 24.8 Å². The Balaban J connectivity index is 1.54. The van der Waals surface area contributed by atoms with Crippen LogP contribution in [0.5, 0.6) is 0 Å². The molecule has 5 nitrogen and oxygen atoms in total. The number of piperidine rings is 1. The van der Waals surface area contributed by atoms with Crippen molar-refractivity contribution in [2.24, 2.45) is 0 Å². The second-order valence-corrected chi connectivity index (χ2v) is 8.67. The van der Waals surface area contributed by atoms with E-state index in [1.165, 1.54) is 0 Å². The Hall–Kier alpha value is -1.11. The van der Waals surface area contributed by atoms with Gasteiger partial charge in [-0.3, -0.25) is 4.79 Å². The first kappa shape index (κ1) is 16.7. The standard InChI is InChI=1S/C16H21ClN2O3S/c17-14-4-2-13(3-5-14)12-16(20)18-9-6-15(7-10-18)19-8-1-11-23(19,21)22/h2-5,15H,1,6-12H2. The van der Waals surface area contributed by atoms with E-state index in [-0.39, 0.29) is 17.7 Å². The minimum absolute atomic E-state index is 0.0575. The first-order valence-corrected chi connectivity index (χ1v) is 9.96. The molecule has 0 unspecified atom stereocenters. The second kappa shape index (κ2) is 6.79. The lowest BCUT2D eigenvalue weighted by Gasteiger charge is -2.35. The predicted molar refractivity (Wildman–Crippen MR) is 89.9 cm³/mol. The summed E-state index contributed by atoms with van der Waals surface area (Å²) in [5.41, 5.74) is 0.948. The number of nitrogens with zero attached hydrogens (tertiary/aromatic N) is 2. The van der Waals surface area contributed by atoms with Gasteiger partial charge in [0.15, 0.2) is 0 Å². The van der Waals surface area contributed by atoms with Gasteiger partial charge in [0.2, 0.25) is 15.9 Å². The van der Waals surface area contributed by atoms with Gasteiger partial charge in [0, 0.05) is 30.7 Å². The summed E-state index contributed by atoms with van der Waals surface area (Å²) in [4.78, 5) is 14.2. The third kappa shape index (κ3) is 3.87. The van der Waals surface area contributed by atoms with Crippen molar-refractivity contribution in [2.75, 3.05) is 25.4 Å². The summed E-state index contributed by atoms with van der Waals surface area (Å²) < 4.78 is 25.6. The fourth-order valence-corrected chi connectivity index (χ4v) is 5.29. The molecule has 3 rings (SSSR count). The van der Waals surface area contributed by atoms with Crippen LogP contribution in [0.4, 0.5) is 0 Å². The maximum atomic E-state index is 12.4. The molecule has 1 amide bonds. The molecule has 0 saturated carbocycles. The molecule has 7 heteroatoms. The zero-order valence-electron chi connectivity index (χ0n) is 12.9. The fourth-order valence-electron chi connectivity index (χ4n) is 3.36. The molecule has 23 heavy (non-hydrogen) atoms. The second-order valence-electron chi connectivity index (χ2n) is 6.20. The van der Waals surface area contributed by atoms with Crippen LogP contribution in [0.3, 0.4) is 0 Å². The molecule has 2 aliphatic rings. The van der Waals surface area contributed by atoms with E-state index >= 15 is 0 Å². The van der Waals surface area contributed by atoms with E-state index in [1.807, 2.05) is 17.0 Å². The van der Waals surface area contributed by atoms with E-state index in [9.17, 15) is 13.2 Å². The predicted octanol–water partition coefficient (Wildman–Crippen LogP) is 1.91. The van der Waals surface area contributed by atoms with Gasteiger partial charge in [0.1, 0.15) is 0 Å². The van der Waals surface area contributed by atoms with Crippen molar-refractivity contribution in [1.82, 2.24) is 9.21 Å². The lowest BCUT2D eigenvalue weighted by Crippen LogP contribution is -2.47. The summed E-state index contributed by atoms with van der Waals surface area (Å²) in [6.07, 6.45) is 2.54. The molecule has 2 fully saturated rings. The smallest absolute Gasteiger partial charge is 0.226 e. The normalized spacial score (nSPS) is 22.4. The van der Waals surface area contributed by atoms with E-state index in [4.69, 9.17) is 11.6 Å². The molecular weight excluding hydrogens is 336 g/mol. The lowest BCUT2D eigenvalue weighted by molar-refractivity contribution is -0.131. The number of carbonyl (C=O) groups excluding carboxylic acids is 1. The molecule has 2 aliphatic heterocycles. The van der Waals surface area contributed by atoms with Crippen LogP contribution < -0.4 is 0 Å². The average molecular weight is 357 g/mol. The monoisotopic (exact) mass is 356 g/mol. The van der Waals surface area contributed by atoms with Crippen LogP contribution in [-0.2, 0) is 21.2 Å². The zero-order chi connectivity index (χ0) is 16.4. The van der Waals surface area contributed by atoms with E-state index < -0.39 is 10.0 Å². The SMILES string of the molecule is O=C(Cc1ccc(Cl)cc1)N1CCC(N2CCCS2(=O)=O)CC1. The van der Waals surface area contributed by atoms with Crippen LogP contribution >= 0.6 is 11.6 Å². The van der Waals surface area contributed by atoms with E-state index in [0.717, 1.165) is 24.8 Å². The molecule has 0 spiro atoms. The van der Waals surface area contributed by atoms with Crippen LogP contribution in [-0.4, -0.2) is 55.0 Å². The summed E-state index contributed by atoms with van der Waals surface area (Å²) in [5, 5.41) is 0.661. The van der Waals surface area contributed by atoms with Gasteiger partial charge in [-0.15, -0.1) is 0 Å². The van der Waals surface area contributed by atoms with Crippen molar-refractivity contribution in [3.63, 3.8) is 0 Å². The Morgan fingerprint density at radius 3 is 2.35 bits per heavy atom. The van der Waals surface area contributed by atoms with Crippen LogP contribution in [0.2, 0.25) is 5.02 Å². The molecule has 0 bridgehead atoms. The van der Waals surface area contributed by atoms with E-state index in [0.29, 0.717) is 31.1 Å². The van der Waals surface area contributed by atoms with Crippen molar-refractivity contribution >= 4 is 27.5 Å². The Morgan fingerprint density at radius 1 is 1.13 bits per heavy atom. The van der Waals surface area contributed by atoms with E-state index in [1.54, 1.807) is 16.4 Å². The first-order chi connectivity index (χ1) is 11.0. The molecule has 0 radical (unpaired) electrons. The summed E-state index contributed by atoms with van der Waals surface area (Å²) in [5.74, 6) is 0.359. The number of hydrogen-bond donors (Lipinski definition) is 0. The highest BCUT2D eigenvalue weighted by Gasteiger charge is 2.36. The first-order valence-electron chi connectivity index (χ1n) is 7.97. The molecule has 0 atom stereocenters. The van der Waals surface area contributed by atoms with Gasteiger partial charge in [-0.25, -0.2) is 8.42 Å². The number of amides is 1. The lowest BCUT2D eigenvalue weighted by atomic mass is 10.0.